The summed E-state index contributed by atoms with van der Waals surface area (Å²) in [5.41, 5.74) is 0.997. The number of rotatable bonds is 8. The molecule has 7 nitrogen and oxygen atoms in total. The summed E-state index contributed by atoms with van der Waals surface area (Å²) in [6, 6.07) is 10.9. The van der Waals surface area contributed by atoms with Crippen LogP contribution in [0, 0.1) is 0 Å². The number of Topliss-reactive ketones (excluding diaryl/α,β-unsaturated/α-hetero) is 1. The number of nitrogens with one attached hydrogen (secondary N) is 2. The fourth-order valence-electron chi connectivity index (χ4n) is 2.46. The Morgan fingerprint density at radius 1 is 1.10 bits per heavy atom. The van der Waals surface area contributed by atoms with Crippen LogP contribution in [0.15, 0.2) is 42.5 Å². The molecule has 0 fully saturated rings. The van der Waals surface area contributed by atoms with Gasteiger partial charge in [-0.05, 0) is 69.7 Å². The fraction of sp³-hybridized carbons (Fsp3) is 0.364. The van der Waals surface area contributed by atoms with Crippen LogP contribution in [0.5, 0.6) is 11.5 Å². The zero-order valence-corrected chi connectivity index (χ0v) is 17.2. The number of anilines is 1. The number of phenols is 1. The summed E-state index contributed by atoms with van der Waals surface area (Å²) in [5.74, 6) is -0.129. The van der Waals surface area contributed by atoms with Crippen molar-refractivity contribution in [2.75, 3.05) is 18.5 Å². The molecule has 0 aliphatic carbocycles. The van der Waals surface area contributed by atoms with E-state index in [0.717, 1.165) is 0 Å². The van der Waals surface area contributed by atoms with Crippen LogP contribution in [0.2, 0.25) is 0 Å². The van der Waals surface area contributed by atoms with Crippen LogP contribution in [0.3, 0.4) is 0 Å². The molecule has 1 amide bonds. The highest BCUT2D eigenvalue weighted by molar-refractivity contribution is 6.05. The standard InChI is InChI=1S/C22H28N2O5/c1-14(25)13-29-17-8-5-15(6-9-17)21(28)24-18-11-16(7-10-19(18)26)20(27)12-23-22(2,3)4/h5-11,20,23,26-27H,12-13H2,1-4H3,(H,24,28). The van der Waals surface area contributed by atoms with Gasteiger partial charge in [0.1, 0.15) is 18.1 Å². The lowest BCUT2D eigenvalue weighted by molar-refractivity contribution is -0.118. The van der Waals surface area contributed by atoms with Crippen LogP contribution in [-0.4, -0.2) is 40.6 Å². The third-order valence-electron chi connectivity index (χ3n) is 4.04. The Morgan fingerprint density at radius 3 is 2.34 bits per heavy atom. The average Bonchev–Trinajstić information content (AvgIpc) is 2.66. The Bertz CT molecular complexity index is 856. The molecule has 0 spiro atoms. The molecule has 2 aromatic carbocycles. The molecule has 156 valence electrons. The number of carbonyl (C=O) groups is 2. The van der Waals surface area contributed by atoms with Crippen molar-refractivity contribution in [2.45, 2.75) is 39.3 Å². The molecule has 2 rings (SSSR count). The van der Waals surface area contributed by atoms with E-state index in [1.165, 1.54) is 13.0 Å². The Morgan fingerprint density at radius 2 is 1.76 bits per heavy atom. The number of ether oxygens (including phenoxy) is 1. The zero-order chi connectivity index (χ0) is 21.6. The Labute approximate surface area is 170 Å². The number of β-amino-alcohol motifs (C(OH)–C–C–N with tert-alkyl or cyclic N) is 1. The highest BCUT2D eigenvalue weighted by Crippen LogP contribution is 2.28. The maximum absolute atomic E-state index is 12.5. The number of carbonyl (C=O) groups excluding carboxylic acids is 2. The lowest BCUT2D eigenvalue weighted by atomic mass is 10.0. The molecular formula is C22H28N2O5. The molecule has 0 saturated carbocycles. The number of hydrogen-bond acceptors (Lipinski definition) is 6. The number of amides is 1. The Kier molecular flexibility index (Phi) is 7.36. The third-order valence-corrected chi connectivity index (χ3v) is 4.04. The van der Waals surface area contributed by atoms with Crippen LogP contribution in [0.25, 0.3) is 0 Å². The van der Waals surface area contributed by atoms with Crippen molar-refractivity contribution in [3.8, 4) is 11.5 Å². The molecule has 0 aliphatic heterocycles. The first-order valence-corrected chi connectivity index (χ1v) is 9.35. The minimum atomic E-state index is -0.789. The van der Waals surface area contributed by atoms with Gasteiger partial charge in [-0.2, -0.15) is 0 Å². The van der Waals surface area contributed by atoms with Crippen molar-refractivity contribution in [3.05, 3.63) is 53.6 Å². The molecule has 29 heavy (non-hydrogen) atoms. The van der Waals surface area contributed by atoms with E-state index >= 15 is 0 Å². The SMILES string of the molecule is CC(=O)COc1ccc(C(=O)Nc2cc(C(O)CNC(C)(C)C)ccc2O)cc1. The van der Waals surface area contributed by atoms with Gasteiger partial charge in [0, 0.05) is 17.6 Å². The summed E-state index contributed by atoms with van der Waals surface area (Å²) >= 11 is 0. The van der Waals surface area contributed by atoms with Crippen LogP contribution in [0.1, 0.15) is 49.7 Å². The molecule has 0 radical (unpaired) electrons. The van der Waals surface area contributed by atoms with Gasteiger partial charge in [0.2, 0.25) is 0 Å². The molecule has 4 N–H and O–H groups in total. The van der Waals surface area contributed by atoms with E-state index in [-0.39, 0.29) is 29.4 Å². The van der Waals surface area contributed by atoms with E-state index in [1.807, 2.05) is 20.8 Å². The lowest BCUT2D eigenvalue weighted by Crippen LogP contribution is -2.38. The van der Waals surface area contributed by atoms with Crippen molar-refractivity contribution >= 4 is 17.4 Å². The summed E-state index contributed by atoms with van der Waals surface area (Å²) in [6.45, 7) is 7.73. The molecule has 0 heterocycles. The fourth-order valence-corrected chi connectivity index (χ4v) is 2.46. The molecule has 0 saturated heterocycles. The second-order valence-corrected chi connectivity index (χ2v) is 7.89. The number of benzene rings is 2. The molecule has 0 bridgehead atoms. The highest BCUT2D eigenvalue weighted by atomic mass is 16.5. The minimum absolute atomic E-state index is 0.0292. The predicted molar refractivity (Wildman–Crippen MR) is 111 cm³/mol. The second-order valence-electron chi connectivity index (χ2n) is 7.89. The molecule has 1 atom stereocenters. The molecule has 2 aromatic rings. The van der Waals surface area contributed by atoms with Crippen molar-refractivity contribution in [1.29, 1.82) is 0 Å². The molecule has 0 aliphatic rings. The summed E-state index contributed by atoms with van der Waals surface area (Å²) in [4.78, 5) is 23.4. The van der Waals surface area contributed by atoms with Gasteiger partial charge >= 0.3 is 0 Å². The summed E-state index contributed by atoms with van der Waals surface area (Å²) in [5, 5.41) is 26.3. The van der Waals surface area contributed by atoms with Gasteiger partial charge in [0.05, 0.1) is 11.8 Å². The molecule has 0 aromatic heterocycles. The number of aromatic hydroxyl groups is 1. The quantitative estimate of drug-likeness (QED) is 0.507. The van der Waals surface area contributed by atoms with Crippen molar-refractivity contribution in [1.82, 2.24) is 5.32 Å². The maximum Gasteiger partial charge on any atom is 0.255 e. The van der Waals surface area contributed by atoms with Crippen LogP contribution in [-0.2, 0) is 4.79 Å². The van der Waals surface area contributed by atoms with Gasteiger partial charge in [-0.15, -0.1) is 0 Å². The van der Waals surface area contributed by atoms with Crippen molar-refractivity contribution < 1.29 is 24.5 Å². The van der Waals surface area contributed by atoms with Crippen LogP contribution < -0.4 is 15.4 Å². The van der Waals surface area contributed by atoms with E-state index < -0.39 is 12.0 Å². The first kappa shape index (κ1) is 22.4. The topological polar surface area (TPSA) is 108 Å². The molecular weight excluding hydrogens is 372 g/mol. The smallest absolute Gasteiger partial charge is 0.255 e. The summed E-state index contributed by atoms with van der Waals surface area (Å²) in [7, 11) is 0. The number of ketones is 1. The normalized spacial score (nSPS) is 12.3. The monoisotopic (exact) mass is 400 g/mol. The summed E-state index contributed by atoms with van der Waals surface area (Å²) in [6.07, 6.45) is -0.789. The summed E-state index contributed by atoms with van der Waals surface area (Å²) < 4.78 is 5.27. The van der Waals surface area contributed by atoms with Gasteiger partial charge in [0.15, 0.2) is 5.78 Å². The lowest BCUT2D eigenvalue weighted by Gasteiger charge is -2.23. The number of phenolic OH excluding ortho intramolecular Hbond substituents is 1. The van der Waals surface area contributed by atoms with Gasteiger partial charge in [-0.25, -0.2) is 0 Å². The third kappa shape index (κ3) is 7.21. The highest BCUT2D eigenvalue weighted by Gasteiger charge is 2.16. The van der Waals surface area contributed by atoms with Crippen LogP contribution in [0.4, 0.5) is 5.69 Å². The van der Waals surface area contributed by atoms with Crippen LogP contribution >= 0.6 is 0 Å². The van der Waals surface area contributed by atoms with E-state index in [1.54, 1.807) is 36.4 Å². The Hall–Kier alpha value is -2.90. The predicted octanol–water partition coefficient (Wildman–Crippen LogP) is 3.03. The van der Waals surface area contributed by atoms with Crippen molar-refractivity contribution in [3.63, 3.8) is 0 Å². The van der Waals surface area contributed by atoms with Gasteiger partial charge in [0.25, 0.3) is 5.91 Å². The zero-order valence-electron chi connectivity index (χ0n) is 17.2. The minimum Gasteiger partial charge on any atom is -0.506 e. The number of hydrogen-bond donors (Lipinski definition) is 4. The van der Waals surface area contributed by atoms with Gasteiger partial charge < -0.3 is 25.6 Å². The first-order valence-electron chi connectivity index (χ1n) is 9.35. The maximum atomic E-state index is 12.5. The van der Waals surface area contributed by atoms with E-state index in [0.29, 0.717) is 23.4 Å². The van der Waals surface area contributed by atoms with Crippen molar-refractivity contribution in [2.24, 2.45) is 0 Å². The average molecular weight is 400 g/mol. The van der Waals surface area contributed by atoms with E-state index in [9.17, 15) is 19.8 Å². The molecule has 1 unspecified atom stereocenters. The largest absolute Gasteiger partial charge is 0.506 e. The van der Waals surface area contributed by atoms with Gasteiger partial charge in [-0.3, -0.25) is 9.59 Å². The van der Waals surface area contributed by atoms with E-state index in [2.05, 4.69) is 10.6 Å². The second kappa shape index (κ2) is 9.54. The number of aliphatic hydroxyl groups is 1. The first-order chi connectivity index (χ1) is 13.5. The van der Waals surface area contributed by atoms with Gasteiger partial charge in [-0.1, -0.05) is 6.07 Å². The number of aliphatic hydroxyl groups excluding tert-OH is 1. The Balaban J connectivity index is 2.06. The molecule has 7 heteroatoms. The van der Waals surface area contributed by atoms with E-state index in [4.69, 9.17) is 4.74 Å².